The molecule has 2 aromatic rings. The number of aryl methyl sites for hydroxylation is 1. The Kier molecular flexibility index (Phi) is 5.01. The lowest BCUT2D eigenvalue weighted by atomic mass is 10.2. The highest BCUT2D eigenvalue weighted by Crippen LogP contribution is 2.18. The highest BCUT2D eigenvalue weighted by Gasteiger charge is 2.08. The number of aromatic nitrogens is 2. The Balaban J connectivity index is 1.84. The van der Waals surface area contributed by atoms with Crippen LogP contribution >= 0.6 is 11.8 Å². The van der Waals surface area contributed by atoms with E-state index < -0.39 is 0 Å². The van der Waals surface area contributed by atoms with Crippen molar-refractivity contribution >= 4 is 17.5 Å². The van der Waals surface area contributed by atoms with Crippen LogP contribution in [0.2, 0.25) is 0 Å². The van der Waals surface area contributed by atoms with Crippen LogP contribution in [0.25, 0.3) is 0 Å². The summed E-state index contributed by atoms with van der Waals surface area (Å²) in [7, 11) is 0. The van der Waals surface area contributed by atoms with Gasteiger partial charge in [0, 0.05) is 17.1 Å². The molecular formula is C16H20N2OS. The van der Waals surface area contributed by atoms with Gasteiger partial charge < -0.3 is 0 Å². The maximum Gasteiger partial charge on any atom is 0.149 e. The molecule has 1 aromatic carbocycles. The predicted octanol–water partition coefficient (Wildman–Crippen LogP) is 3.68. The second-order valence-electron chi connectivity index (χ2n) is 5.20. The average Bonchev–Trinajstić information content (AvgIpc) is 2.87. The van der Waals surface area contributed by atoms with Gasteiger partial charge in [0.15, 0.2) is 0 Å². The Morgan fingerprint density at radius 1 is 1.25 bits per heavy atom. The van der Waals surface area contributed by atoms with Gasteiger partial charge in [-0.25, -0.2) is 0 Å². The predicted molar refractivity (Wildman–Crippen MR) is 83.2 cm³/mol. The molecule has 0 N–H and O–H groups in total. The molecule has 2 rings (SSSR count). The summed E-state index contributed by atoms with van der Waals surface area (Å²) in [6.07, 6.45) is 2.35. The molecular weight excluding hydrogens is 268 g/mol. The van der Waals surface area contributed by atoms with E-state index in [1.165, 1.54) is 5.56 Å². The highest BCUT2D eigenvalue weighted by molar-refractivity contribution is 8.00. The van der Waals surface area contributed by atoms with Gasteiger partial charge in [-0.2, -0.15) is 5.10 Å². The van der Waals surface area contributed by atoms with Gasteiger partial charge >= 0.3 is 0 Å². The smallest absolute Gasteiger partial charge is 0.149 e. The molecule has 3 nitrogen and oxygen atoms in total. The molecule has 0 saturated heterocycles. The van der Waals surface area contributed by atoms with Gasteiger partial charge in [-0.1, -0.05) is 17.7 Å². The largest absolute Gasteiger partial charge is 0.298 e. The summed E-state index contributed by atoms with van der Waals surface area (Å²) in [5.41, 5.74) is 2.09. The maximum atomic E-state index is 12.0. The van der Waals surface area contributed by atoms with Crippen LogP contribution in [0.3, 0.4) is 0 Å². The number of carbonyl (C=O) groups is 1. The molecule has 0 aliphatic heterocycles. The van der Waals surface area contributed by atoms with Crippen molar-refractivity contribution in [2.75, 3.05) is 5.75 Å². The Labute approximate surface area is 124 Å². The van der Waals surface area contributed by atoms with Gasteiger partial charge in [0.05, 0.1) is 17.9 Å². The van der Waals surface area contributed by atoms with Crippen LogP contribution in [-0.2, 0) is 11.2 Å². The van der Waals surface area contributed by atoms with Crippen molar-refractivity contribution in [1.29, 1.82) is 0 Å². The van der Waals surface area contributed by atoms with E-state index in [1.54, 1.807) is 11.8 Å². The summed E-state index contributed by atoms with van der Waals surface area (Å²) in [6.45, 7) is 6.21. The van der Waals surface area contributed by atoms with Crippen molar-refractivity contribution in [3.8, 4) is 0 Å². The zero-order valence-corrected chi connectivity index (χ0v) is 13.0. The van der Waals surface area contributed by atoms with Crippen LogP contribution in [0.15, 0.2) is 41.4 Å². The van der Waals surface area contributed by atoms with Crippen molar-refractivity contribution in [2.24, 2.45) is 0 Å². The van der Waals surface area contributed by atoms with E-state index in [2.05, 4.69) is 50.1 Å². The first-order chi connectivity index (χ1) is 9.54. The van der Waals surface area contributed by atoms with Crippen molar-refractivity contribution in [2.45, 2.75) is 38.1 Å². The van der Waals surface area contributed by atoms with Gasteiger partial charge in [-0.05, 0) is 39.0 Å². The van der Waals surface area contributed by atoms with E-state index in [0.717, 1.165) is 10.6 Å². The van der Waals surface area contributed by atoms with Crippen LogP contribution in [0.1, 0.15) is 31.1 Å². The van der Waals surface area contributed by atoms with Crippen LogP contribution in [-0.4, -0.2) is 21.3 Å². The van der Waals surface area contributed by atoms with Gasteiger partial charge in [-0.15, -0.1) is 11.8 Å². The van der Waals surface area contributed by atoms with Gasteiger partial charge in [0.2, 0.25) is 0 Å². The summed E-state index contributed by atoms with van der Waals surface area (Å²) in [5.74, 6) is 0.710. The molecule has 20 heavy (non-hydrogen) atoms. The van der Waals surface area contributed by atoms with Crippen LogP contribution < -0.4 is 0 Å². The Bertz CT molecular complexity index is 572. The topological polar surface area (TPSA) is 34.9 Å². The van der Waals surface area contributed by atoms with Gasteiger partial charge in [0.1, 0.15) is 5.78 Å². The molecule has 0 fully saturated rings. The van der Waals surface area contributed by atoms with E-state index in [0.29, 0.717) is 18.2 Å². The molecule has 0 saturated carbocycles. The summed E-state index contributed by atoms with van der Waals surface area (Å²) >= 11 is 1.59. The normalized spacial score (nSPS) is 11.0. The monoisotopic (exact) mass is 288 g/mol. The number of Topliss-reactive ketones (excluding diaryl/α,β-unsaturated/α-hetero) is 1. The first-order valence-electron chi connectivity index (χ1n) is 6.80. The third-order valence-electron chi connectivity index (χ3n) is 2.99. The third-order valence-corrected chi connectivity index (χ3v) is 4.06. The van der Waals surface area contributed by atoms with Crippen LogP contribution in [0.5, 0.6) is 0 Å². The number of hydrogen-bond donors (Lipinski definition) is 0. The van der Waals surface area contributed by atoms with E-state index in [4.69, 9.17) is 0 Å². The standard InChI is InChI=1S/C16H20N2OS/c1-12(2)18-9-8-14(17-18)10-15(19)11-20-16-6-4-13(3)5-7-16/h4-9,12H,10-11H2,1-3H3. The van der Waals surface area contributed by atoms with Crippen LogP contribution in [0.4, 0.5) is 0 Å². The lowest BCUT2D eigenvalue weighted by molar-refractivity contribution is -0.116. The molecule has 0 unspecified atom stereocenters. The molecule has 0 radical (unpaired) electrons. The van der Waals surface area contributed by atoms with E-state index >= 15 is 0 Å². The third kappa shape index (κ3) is 4.23. The number of carbonyl (C=O) groups excluding carboxylic acids is 1. The summed E-state index contributed by atoms with van der Waals surface area (Å²) in [5, 5.41) is 4.40. The minimum absolute atomic E-state index is 0.213. The lowest BCUT2D eigenvalue weighted by Gasteiger charge is -2.04. The molecule has 1 heterocycles. The second kappa shape index (κ2) is 6.75. The molecule has 0 spiro atoms. The summed E-state index contributed by atoms with van der Waals surface area (Å²) in [4.78, 5) is 13.1. The summed E-state index contributed by atoms with van der Waals surface area (Å²) in [6, 6.07) is 10.5. The molecule has 0 atom stereocenters. The van der Waals surface area contributed by atoms with E-state index in [1.807, 2.05) is 16.9 Å². The second-order valence-corrected chi connectivity index (χ2v) is 6.25. The number of ketones is 1. The van der Waals surface area contributed by atoms with E-state index in [9.17, 15) is 4.79 Å². The Hall–Kier alpha value is -1.55. The fourth-order valence-electron chi connectivity index (χ4n) is 1.81. The highest BCUT2D eigenvalue weighted by atomic mass is 32.2. The first kappa shape index (κ1) is 14.9. The van der Waals surface area contributed by atoms with Crippen LogP contribution in [0, 0.1) is 6.92 Å². The Morgan fingerprint density at radius 2 is 1.95 bits per heavy atom. The van der Waals surface area contributed by atoms with Crippen molar-refractivity contribution in [3.63, 3.8) is 0 Å². The van der Waals surface area contributed by atoms with Gasteiger partial charge in [0.25, 0.3) is 0 Å². The molecule has 0 amide bonds. The first-order valence-corrected chi connectivity index (χ1v) is 7.78. The molecule has 0 aliphatic carbocycles. The fourth-order valence-corrected chi connectivity index (χ4v) is 2.57. The summed E-state index contributed by atoms with van der Waals surface area (Å²) < 4.78 is 1.88. The minimum Gasteiger partial charge on any atom is -0.298 e. The van der Waals surface area contributed by atoms with Crippen molar-refractivity contribution in [3.05, 3.63) is 47.8 Å². The molecule has 106 valence electrons. The number of rotatable bonds is 6. The van der Waals surface area contributed by atoms with Crippen molar-refractivity contribution < 1.29 is 4.79 Å². The SMILES string of the molecule is Cc1ccc(SCC(=O)Cc2ccn(C(C)C)n2)cc1. The Morgan fingerprint density at radius 3 is 2.55 bits per heavy atom. The maximum absolute atomic E-state index is 12.0. The molecule has 0 bridgehead atoms. The average molecular weight is 288 g/mol. The number of thioether (sulfide) groups is 1. The minimum atomic E-state index is 0.213. The lowest BCUT2D eigenvalue weighted by Crippen LogP contribution is -2.08. The quantitative estimate of drug-likeness (QED) is 0.761. The zero-order chi connectivity index (χ0) is 14.5. The molecule has 4 heteroatoms. The fraction of sp³-hybridized carbons (Fsp3) is 0.375. The zero-order valence-electron chi connectivity index (χ0n) is 12.2. The molecule has 1 aromatic heterocycles. The van der Waals surface area contributed by atoms with E-state index in [-0.39, 0.29) is 5.78 Å². The number of hydrogen-bond acceptors (Lipinski definition) is 3. The number of benzene rings is 1. The molecule has 0 aliphatic rings. The van der Waals surface area contributed by atoms with Gasteiger partial charge in [-0.3, -0.25) is 9.48 Å². The number of nitrogens with zero attached hydrogens (tertiary/aromatic N) is 2. The van der Waals surface area contributed by atoms with Crippen molar-refractivity contribution in [1.82, 2.24) is 9.78 Å².